The second-order valence-electron chi connectivity index (χ2n) is 7.58. The van der Waals surface area contributed by atoms with Crippen molar-refractivity contribution in [2.75, 3.05) is 19.5 Å². The largest absolute Gasteiger partial charge is 0.496 e. The van der Waals surface area contributed by atoms with Crippen LogP contribution in [0.5, 0.6) is 11.5 Å². The minimum atomic E-state index is -4.61. The number of aromatic nitrogens is 1. The molecular weight excluding hydrogens is 487 g/mol. The van der Waals surface area contributed by atoms with Crippen molar-refractivity contribution in [1.29, 1.82) is 0 Å². The van der Waals surface area contributed by atoms with E-state index in [2.05, 4.69) is 15.6 Å². The summed E-state index contributed by atoms with van der Waals surface area (Å²) in [5, 5.41) is 8.47. The number of fused-ring (bicyclic) bond motifs is 3. The maximum Gasteiger partial charge on any atom is 0.433 e. The lowest BCUT2D eigenvalue weighted by molar-refractivity contribution is -0.140. The van der Waals surface area contributed by atoms with E-state index in [-0.39, 0.29) is 9.71 Å². The molecule has 6 nitrogen and oxygen atoms in total. The topological polar surface area (TPSA) is 72.5 Å². The van der Waals surface area contributed by atoms with Gasteiger partial charge in [0.05, 0.1) is 19.9 Å². The fourth-order valence-electron chi connectivity index (χ4n) is 4.11. The molecule has 0 unspecified atom stereocenters. The fraction of sp³-hybridized carbons (Fsp3) is 0.217. The third kappa shape index (κ3) is 3.55. The van der Waals surface area contributed by atoms with Crippen LogP contribution in [0.15, 0.2) is 35.7 Å². The zero-order valence-corrected chi connectivity index (χ0v) is 19.8. The molecule has 3 aromatic heterocycles. The first kappa shape index (κ1) is 22.5. The molecular formula is C23H18F3N3O3S2. The van der Waals surface area contributed by atoms with Crippen molar-refractivity contribution in [2.24, 2.45) is 0 Å². The van der Waals surface area contributed by atoms with Crippen LogP contribution in [0.25, 0.3) is 20.7 Å². The molecule has 1 atom stereocenters. The third-order valence-corrected chi connectivity index (χ3v) is 7.62. The predicted molar refractivity (Wildman–Crippen MR) is 126 cm³/mol. The minimum Gasteiger partial charge on any atom is -0.496 e. The molecule has 1 aliphatic heterocycles. The summed E-state index contributed by atoms with van der Waals surface area (Å²) >= 11 is 2.26. The van der Waals surface area contributed by atoms with Gasteiger partial charge in [0, 0.05) is 27.0 Å². The average molecular weight is 506 g/mol. The van der Waals surface area contributed by atoms with Crippen molar-refractivity contribution in [3.8, 4) is 21.9 Å². The summed E-state index contributed by atoms with van der Waals surface area (Å²) in [6, 6.07) is 8.12. The molecule has 0 bridgehead atoms. The van der Waals surface area contributed by atoms with Crippen LogP contribution in [0.1, 0.15) is 32.7 Å². The number of methoxy groups -OCH3 is 2. The number of hydrogen-bond donors (Lipinski definition) is 2. The Morgan fingerprint density at radius 3 is 2.56 bits per heavy atom. The van der Waals surface area contributed by atoms with Gasteiger partial charge in [-0.15, -0.1) is 22.7 Å². The number of nitrogens with one attached hydrogen (secondary N) is 2. The Morgan fingerprint density at radius 1 is 1.12 bits per heavy atom. The van der Waals surface area contributed by atoms with E-state index in [0.717, 1.165) is 23.0 Å². The number of benzene rings is 1. The number of rotatable bonds is 4. The Labute approximate surface area is 200 Å². The maximum atomic E-state index is 13.6. The van der Waals surface area contributed by atoms with E-state index >= 15 is 0 Å². The predicted octanol–water partition coefficient (Wildman–Crippen LogP) is 6.22. The van der Waals surface area contributed by atoms with Gasteiger partial charge in [-0.3, -0.25) is 4.79 Å². The van der Waals surface area contributed by atoms with E-state index in [4.69, 9.17) is 9.47 Å². The number of carbonyl (C=O) groups excluding carboxylic acids is 1. The Bertz CT molecular complexity index is 1410. The van der Waals surface area contributed by atoms with Gasteiger partial charge in [-0.2, -0.15) is 13.2 Å². The number of pyridine rings is 1. The van der Waals surface area contributed by atoms with Gasteiger partial charge in [-0.1, -0.05) is 6.07 Å². The summed E-state index contributed by atoms with van der Waals surface area (Å²) < 4.78 is 51.7. The number of hydrogen-bond acceptors (Lipinski definition) is 7. The maximum absolute atomic E-state index is 13.6. The number of anilines is 1. The normalized spacial score (nSPS) is 15.6. The molecule has 11 heteroatoms. The van der Waals surface area contributed by atoms with Crippen molar-refractivity contribution < 1.29 is 27.4 Å². The first-order valence-corrected chi connectivity index (χ1v) is 11.8. The summed E-state index contributed by atoms with van der Waals surface area (Å²) in [5.74, 6) is 0.771. The number of ether oxygens (including phenoxy) is 2. The number of carbonyl (C=O) groups is 1. The number of thiophene rings is 2. The molecule has 4 heterocycles. The lowest BCUT2D eigenvalue weighted by atomic mass is 10.0. The zero-order valence-electron chi connectivity index (χ0n) is 18.2. The number of nitrogens with zero attached hydrogens (tertiary/aromatic N) is 1. The van der Waals surface area contributed by atoms with Gasteiger partial charge >= 0.3 is 6.18 Å². The van der Waals surface area contributed by atoms with E-state index in [1.54, 1.807) is 36.8 Å². The lowest BCUT2D eigenvalue weighted by Gasteiger charge is -2.28. The van der Waals surface area contributed by atoms with Crippen LogP contribution in [0.4, 0.5) is 18.9 Å². The van der Waals surface area contributed by atoms with Crippen LogP contribution >= 0.6 is 22.7 Å². The van der Waals surface area contributed by atoms with Gasteiger partial charge in [0.15, 0.2) is 0 Å². The minimum absolute atomic E-state index is 0.143. The Kier molecular flexibility index (Phi) is 5.40. The SMILES string of the molecule is COc1ccc([C@@H]2NC(=O)c3sc4nc(C(F)(F)F)cc(-c5cccs5)c4c3N2)c(OC)c1C. The van der Waals surface area contributed by atoms with E-state index < -0.39 is 23.9 Å². The molecule has 0 saturated heterocycles. The monoisotopic (exact) mass is 505 g/mol. The molecule has 0 aliphatic carbocycles. The molecule has 2 N–H and O–H groups in total. The molecule has 1 amide bonds. The highest BCUT2D eigenvalue weighted by Crippen LogP contribution is 2.47. The molecule has 4 aromatic rings. The first-order valence-electron chi connectivity index (χ1n) is 10.1. The average Bonchev–Trinajstić information content (AvgIpc) is 3.46. The van der Waals surface area contributed by atoms with Crippen LogP contribution in [-0.4, -0.2) is 25.1 Å². The van der Waals surface area contributed by atoms with Crippen LogP contribution in [0.3, 0.4) is 0 Å². The highest BCUT2D eigenvalue weighted by molar-refractivity contribution is 7.21. The van der Waals surface area contributed by atoms with E-state index in [1.807, 2.05) is 6.92 Å². The van der Waals surface area contributed by atoms with Gasteiger partial charge in [0.25, 0.3) is 5.91 Å². The fourth-order valence-corrected chi connectivity index (χ4v) is 5.93. The van der Waals surface area contributed by atoms with Crippen LogP contribution in [0, 0.1) is 6.92 Å². The summed E-state index contributed by atoms with van der Waals surface area (Å²) in [6.07, 6.45) is -5.28. The molecule has 0 spiro atoms. The summed E-state index contributed by atoms with van der Waals surface area (Å²) in [5.41, 5.74) is 1.26. The third-order valence-electron chi connectivity index (χ3n) is 5.63. The Balaban J connectivity index is 1.70. The van der Waals surface area contributed by atoms with Gasteiger partial charge in [-0.25, -0.2) is 4.98 Å². The smallest absolute Gasteiger partial charge is 0.433 e. The molecule has 34 heavy (non-hydrogen) atoms. The summed E-state index contributed by atoms with van der Waals surface area (Å²) in [7, 11) is 3.08. The zero-order chi connectivity index (χ0) is 24.2. The van der Waals surface area contributed by atoms with Crippen molar-refractivity contribution in [3.63, 3.8) is 0 Å². The number of halogens is 3. The van der Waals surface area contributed by atoms with Crippen LogP contribution in [0.2, 0.25) is 0 Å². The van der Waals surface area contributed by atoms with Crippen molar-refractivity contribution in [1.82, 2.24) is 10.3 Å². The summed E-state index contributed by atoms with van der Waals surface area (Å²) in [4.78, 5) is 18.0. The van der Waals surface area contributed by atoms with Crippen molar-refractivity contribution >= 4 is 44.5 Å². The van der Waals surface area contributed by atoms with Gasteiger partial charge in [-0.05, 0) is 36.6 Å². The molecule has 1 aromatic carbocycles. The molecule has 1 aliphatic rings. The van der Waals surface area contributed by atoms with E-state index in [1.165, 1.54) is 18.4 Å². The molecule has 176 valence electrons. The van der Waals surface area contributed by atoms with E-state index in [9.17, 15) is 18.0 Å². The number of amides is 1. The lowest BCUT2D eigenvalue weighted by Crippen LogP contribution is -2.37. The molecule has 0 fully saturated rings. The molecule has 0 saturated carbocycles. The second-order valence-corrected chi connectivity index (χ2v) is 9.53. The van der Waals surface area contributed by atoms with E-state index in [0.29, 0.717) is 38.6 Å². The van der Waals surface area contributed by atoms with Crippen molar-refractivity contribution in [3.05, 3.63) is 57.4 Å². The van der Waals surface area contributed by atoms with Gasteiger partial charge < -0.3 is 20.1 Å². The molecule has 0 radical (unpaired) electrons. The van der Waals surface area contributed by atoms with Crippen LogP contribution in [-0.2, 0) is 6.18 Å². The number of alkyl halides is 3. The summed E-state index contributed by atoms with van der Waals surface area (Å²) in [6.45, 7) is 1.84. The van der Waals surface area contributed by atoms with Crippen molar-refractivity contribution in [2.45, 2.75) is 19.3 Å². The molecule has 5 rings (SSSR count). The highest BCUT2D eigenvalue weighted by Gasteiger charge is 2.37. The van der Waals surface area contributed by atoms with Crippen LogP contribution < -0.4 is 20.1 Å². The second kappa shape index (κ2) is 8.17. The Morgan fingerprint density at radius 2 is 1.91 bits per heavy atom. The van der Waals surface area contributed by atoms with Gasteiger partial charge in [0.2, 0.25) is 0 Å². The highest BCUT2D eigenvalue weighted by atomic mass is 32.1. The van der Waals surface area contributed by atoms with Gasteiger partial charge in [0.1, 0.15) is 33.1 Å². The standard InChI is InChI=1S/C23H18F3N3O3S2/c1-10-13(31-2)7-6-11(18(10)32-3)20-28-17-16-12(14-5-4-8-33-14)9-15(23(24,25)26)27-22(16)34-19(17)21(30)29-20/h4-9,20,28H,1-3H3,(H,29,30)/t20-/m0/s1. The quantitative estimate of drug-likeness (QED) is 0.344. The Hall–Kier alpha value is -3.31. The first-order chi connectivity index (χ1) is 16.2.